The van der Waals surface area contributed by atoms with E-state index in [1.54, 1.807) is 12.4 Å². The van der Waals surface area contributed by atoms with E-state index in [1.165, 1.54) is 0 Å². The maximum atomic E-state index is 12.6. The van der Waals surface area contributed by atoms with Crippen LogP contribution in [0.3, 0.4) is 0 Å². The van der Waals surface area contributed by atoms with Gasteiger partial charge in [-0.15, -0.1) is 12.4 Å². The third-order valence-electron chi connectivity index (χ3n) is 4.51. The van der Waals surface area contributed by atoms with Crippen molar-refractivity contribution in [3.8, 4) is 5.75 Å². The van der Waals surface area contributed by atoms with Crippen LogP contribution in [0.1, 0.15) is 29.3 Å². The summed E-state index contributed by atoms with van der Waals surface area (Å²) in [5.74, 6) is 1.23. The van der Waals surface area contributed by atoms with E-state index < -0.39 is 0 Å². The van der Waals surface area contributed by atoms with Crippen molar-refractivity contribution in [2.24, 2.45) is 11.7 Å². The van der Waals surface area contributed by atoms with E-state index in [9.17, 15) is 4.79 Å². The molecule has 2 N–H and O–H groups in total. The lowest BCUT2D eigenvalue weighted by Crippen LogP contribution is -2.34. The quantitative estimate of drug-likeness (QED) is 0.889. The maximum Gasteiger partial charge on any atom is 0.254 e. The molecule has 2 unspecified atom stereocenters. The molecule has 1 aliphatic heterocycles. The standard InChI is InChI=1S/C19H23N3O2.ClH/c1-14-10-16(11-20)12-22(14)19(23)17-2-4-18(5-3-17)24-13-15-6-8-21-9-7-15;/h2-9,14,16H,10-13,20H2,1H3;1H. The van der Waals surface area contributed by atoms with Gasteiger partial charge in [0.2, 0.25) is 0 Å². The molecule has 25 heavy (non-hydrogen) atoms. The fourth-order valence-corrected chi connectivity index (χ4v) is 3.10. The van der Waals surface area contributed by atoms with Crippen LogP contribution < -0.4 is 10.5 Å². The molecule has 2 aromatic rings. The summed E-state index contributed by atoms with van der Waals surface area (Å²) < 4.78 is 5.74. The van der Waals surface area contributed by atoms with Crippen molar-refractivity contribution in [1.29, 1.82) is 0 Å². The van der Waals surface area contributed by atoms with Gasteiger partial charge >= 0.3 is 0 Å². The second-order valence-corrected chi connectivity index (χ2v) is 6.31. The van der Waals surface area contributed by atoms with Gasteiger partial charge in [0, 0.05) is 30.5 Å². The second kappa shape index (κ2) is 8.83. The molecular weight excluding hydrogens is 338 g/mol. The SMILES string of the molecule is CC1CC(CN)CN1C(=O)c1ccc(OCc2ccncc2)cc1.Cl. The summed E-state index contributed by atoms with van der Waals surface area (Å²) >= 11 is 0. The highest BCUT2D eigenvalue weighted by molar-refractivity contribution is 5.94. The van der Waals surface area contributed by atoms with Crippen LogP contribution in [0.4, 0.5) is 0 Å². The molecular formula is C19H24ClN3O2. The van der Waals surface area contributed by atoms with Crippen molar-refractivity contribution in [3.05, 3.63) is 59.9 Å². The minimum atomic E-state index is 0. The van der Waals surface area contributed by atoms with Crippen molar-refractivity contribution in [1.82, 2.24) is 9.88 Å². The normalized spacial score (nSPS) is 19.4. The minimum absolute atomic E-state index is 0. The van der Waals surface area contributed by atoms with Crippen molar-refractivity contribution in [2.75, 3.05) is 13.1 Å². The Morgan fingerprint density at radius 1 is 1.24 bits per heavy atom. The van der Waals surface area contributed by atoms with Crippen LogP contribution in [0.15, 0.2) is 48.8 Å². The molecule has 0 aliphatic carbocycles. The van der Waals surface area contributed by atoms with Gasteiger partial charge < -0.3 is 15.4 Å². The number of carbonyl (C=O) groups excluding carboxylic acids is 1. The van der Waals surface area contributed by atoms with E-state index in [-0.39, 0.29) is 24.4 Å². The van der Waals surface area contributed by atoms with E-state index in [0.717, 1.165) is 24.3 Å². The number of amides is 1. The predicted octanol–water partition coefficient (Wildman–Crippen LogP) is 2.89. The predicted molar refractivity (Wildman–Crippen MR) is 99.9 cm³/mol. The Hall–Kier alpha value is -2.11. The number of likely N-dealkylation sites (tertiary alicyclic amines) is 1. The van der Waals surface area contributed by atoms with Crippen LogP contribution in [0.25, 0.3) is 0 Å². The highest BCUT2D eigenvalue weighted by atomic mass is 35.5. The summed E-state index contributed by atoms with van der Waals surface area (Å²) in [6.07, 6.45) is 4.47. The summed E-state index contributed by atoms with van der Waals surface area (Å²) in [7, 11) is 0. The number of aromatic nitrogens is 1. The lowest BCUT2D eigenvalue weighted by molar-refractivity contribution is 0.0743. The summed E-state index contributed by atoms with van der Waals surface area (Å²) in [4.78, 5) is 18.5. The number of nitrogens with two attached hydrogens (primary N) is 1. The Labute approximate surface area is 154 Å². The molecule has 134 valence electrons. The first-order valence-electron chi connectivity index (χ1n) is 8.30. The number of rotatable bonds is 5. The molecule has 1 saturated heterocycles. The third-order valence-corrected chi connectivity index (χ3v) is 4.51. The largest absolute Gasteiger partial charge is 0.489 e. The van der Waals surface area contributed by atoms with Crippen LogP contribution >= 0.6 is 12.4 Å². The number of halogens is 1. The van der Waals surface area contributed by atoms with Crippen molar-refractivity contribution in [2.45, 2.75) is 26.0 Å². The van der Waals surface area contributed by atoms with E-state index in [2.05, 4.69) is 11.9 Å². The van der Waals surface area contributed by atoms with Gasteiger partial charge in [0.1, 0.15) is 12.4 Å². The number of nitrogens with zero attached hydrogens (tertiary/aromatic N) is 2. The monoisotopic (exact) mass is 361 g/mol. The Morgan fingerprint density at radius 3 is 2.52 bits per heavy atom. The zero-order valence-corrected chi connectivity index (χ0v) is 15.1. The number of benzene rings is 1. The molecule has 2 atom stereocenters. The molecule has 3 rings (SSSR count). The highest BCUT2D eigenvalue weighted by Gasteiger charge is 2.31. The lowest BCUT2D eigenvalue weighted by atomic mass is 10.1. The first-order chi connectivity index (χ1) is 11.7. The smallest absolute Gasteiger partial charge is 0.254 e. The number of hydrogen-bond acceptors (Lipinski definition) is 4. The molecule has 1 amide bonds. The van der Waals surface area contributed by atoms with Gasteiger partial charge in [-0.2, -0.15) is 0 Å². The third kappa shape index (κ3) is 4.71. The second-order valence-electron chi connectivity index (χ2n) is 6.31. The van der Waals surface area contributed by atoms with Crippen LogP contribution in [-0.4, -0.2) is 34.9 Å². The van der Waals surface area contributed by atoms with Crippen molar-refractivity contribution >= 4 is 18.3 Å². The van der Waals surface area contributed by atoms with E-state index >= 15 is 0 Å². The lowest BCUT2D eigenvalue weighted by Gasteiger charge is -2.21. The van der Waals surface area contributed by atoms with Gasteiger partial charge in [-0.25, -0.2) is 0 Å². The zero-order valence-electron chi connectivity index (χ0n) is 14.3. The van der Waals surface area contributed by atoms with Gasteiger partial charge in [-0.05, 0) is 67.8 Å². The minimum Gasteiger partial charge on any atom is -0.489 e. The molecule has 0 bridgehead atoms. The summed E-state index contributed by atoms with van der Waals surface area (Å²) in [6, 6.07) is 11.4. The first-order valence-corrected chi connectivity index (χ1v) is 8.30. The molecule has 0 saturated carbocycles. The number of ether oxygens (including phenoxy) is 1. The molecule has 5 nitrogen and oxygen atoms in total. The Balaban J connectivity index is 0.00000225. The van der Waals surface area contributed by atoms with Gasteiger partial charge in [0.05, 0.1) is 0 Å². The first kappa shape index (κ1) is 19.2. The average molecular weight is 362 g/mol. The molecule has 0 spiro atoms. The molecule has 0 radical (unpaired) electrons. The summed E-state index contributed by atoms with van der Waals surface area (Å²) in [6.45, 7) is 3.95. The molecule has 1 aromatic carbocycles. The maximum absolute atomic E-state index is 12.6. The van der Waals surface area contributed by atoms with E-state index in [0.29, 0.717) is 24.6 Å². The summed E-state index contributed by atoms with van der Waals surface area (Å²) in [5, 5.41) is 0. The van der Waals surface area contributed by atoms with Gasteiger partial charge in [0.25, 0.3) is 5.91 Å². The Bertz CT molecular complexity index is 679. The fraction of sp³-hybridized carbons (Fsp3) is 0.368. The van der Waals surface area contributed by atoms with Crippen LogP contribution in [-0.2, 0) is 6.61 Å². The van der Waals surface area contributed by atoms with Crippen molar-refractivity contribution in [3.63, 3.8) is 0 Å². The molecule has 1 fully saturated rings. The van der Waals surface area contributed by atoms with Gasteiger partial charge in [0.15, 0.2) is 0 Å². The van der Waals surface area contributed by atoms with E-state index in [1.807, 2.05) is 41.3 Å². The number of hydrogen-bond donors (Lipinski definition) is 1. The molecule has 1 aliphatic rings. The van der Waals surface area contributed by atoms with E-state index in [4.69, 9.17) is 10.5 Å². The number of carbonyl (C=O) groups is 1. The van der Waals surface area contributed by atoms with Gasteiger partial charge in [-0.1, -0.05) is 0 Å². The average Bonchev–Trinajstić information content (AvgIpc) is 3.01. The van der Waals surface area contributed by atoms with Gasteiger partial charge in [-0.3, -0.25) is 9.78 Å². The van der Waals surface area contributed by atoms with Crippen LogP contribution in [0.5, 0.6) is 5.75 Å². The zero-order chi connectivity index (χ0) is 16.9. The fourth-order valence-electron chi connectivity index (χ4n) is 3.10. The van der Waals surface area contributed by atoms with Crippen LogP contribution in [0, 0.1) is 5.92 Å². The summed E-state index contributed by atoms with van der Waals surface area (Å²) in [5.41, 5.74) is 7.49. The molecule has 1 aromatic heterocycles. The topological polar surface area (TPSA) is 68.5 Å². The highest BCUT2D eigenvalue weighted by Crippen LogP contribution is 2.25. The Morgan fingerprint density at radius 2 is 1.92 bits per heavy atom. The molecule has 6 heteroatoms. The van der Waals surface area contributed by atoms with Crippen LogP contribution in [0.2, 0.25) is 0 Å². The molecule has 2 heterocycles. The van der Waals surface area contributed by atoms with Crippen molar-refractivity contribution < 1.29 is 9.53 Å². The Kier molecular flexibility index (Phi) is 6.79. The number of pyridine rings is 1.